The smallest absolute Gasteiger partial charge is 0.462 e. The van der Waals surface area contributed by atoms with Crippen molar-refractivity contribution in [2.24, 2.45) is 50.2 Å². The number of fused-ring (bicyclic) bond motifs is 7. The fourth-order valence-electron chi connectivity index (χ4n) is 11.3. The van der Waals surface area contributed by atoms with E-state index in [-0.39, 0.29) is 47.9 Å². The Morgan fingerprint density at radius 2 is 1.48 bits per heavy atom. The van der Waals surface area contributed by atoms with Crippen LogP contribution in [0.15, 0.2) is 11.6 Å². The predicted molar refractivity (Wildman–Crippen MR) is 155 cm³/mol. The van der Waals surface area contributed by atoms with E-state index in [2.05, 4.69) is 39.5 Å². The number of hydrogen-bond donors (Lipinski definition) is 0. The quantitative estimate of drug-likeness (QED) is 0.131. The van der Waals surface area contributed by atoms with Crippen LogP contribution in [0, 0.1) is 50.2 Å². The van der Waals surface area contributed by atoms with Gasteiger partial charge in [-0.15, -0.1) is 31.4 Å². The van der Waals surface area contributed by atoms with Crippen LogP contribution in [0.1, 0.15) is 113 Å². The molecule has 1 unspecified atom stereocenters. The first-order valence-electron chi connectivity index (χ1n) is 16.4. The van der Waals surface area contributed by atoms with E-state index in [4.69, 9.17) is 4.74 Å². The van der Waals surface area contributed by atoms with Crippen LogP contribution in [-0.4, -0.2) is 41.5 Å². The summed E-state index contributed by atoms with van der Waals surface area (Å²) in [6, 6.07) is 0. The molecule has 0 radical (unpaired) electrons. The van der Waals surface area contributed by atoms with Crippen molar-refractivity contribution in [3.63, 3.8) is 0 Å². The first kappa shape index (κ1) is 35.2. The Bertz CT molecular complexity index is 1340. The van der Waals surface area contributed by atoms with Crippen LogP contribution >= 0.6 is 0 Å². The highest BCUT2D eigenvalue weighted by molar-refractivity contribution is 5.95. The number of halogens is 6. The molecule has 9 atom stereocenters. The SMILES string of the molecule is CC(=O)O[C@H]1CC[C@@]2(C)C(CC[C@]3(C)[C@@H]2C(=O)C=C2[C@@H]4C[C@@](C)(C(=O)N(OC(F)(F)F)C(F)(F)F)CC[C@]4(C)CC[C@]23C)C1(C)C. The summed E-state index contributed by atoms with van der Waals surface area (Å²) in [5.74, 6) is -2.86. The van der Waals surface area contributed by atoms with Crippen molar-refractivity contribution in [2.45, 2.75) is 132 Å². The molecular formula is C34H47F6NO5. The summed E-state index contributed by atoms with van der Waals surface area (Å²) < 4.78 is 86.1. The fourth-order valence-corrected chi connectivity index (χ4v) is 11.3. The van der Waals surface area contributed by atoms with E-state index in [0.29, 0.717) is 32.1 Å². The molecule has 0 N–H and O–H groups in total. The third-order valence-electron chi connectivity index (χ3n) is 13.9. The zero-order valence-electron chi connectivity index (χ0n) is 28.0. The first-order chi connectivity index (χ1) is 20.8. The predicted octanol–water partition coefficient (Wildman–Crippen LogP) is 8.70. The lowest BCUT2D eigenvalue weighted by molar-refractivity contribution is -0.468. The second kappa shape index (κ2) is 10.4. The molecule has 0 aliphatic heterocycles. The van der Waals surface area contributed by atoms with Crippen LogP contribution in [0.25, 0.3) is 0 Å². The maximum absolute atomic E-state index is 14.5. The van der Waals surface area contributed by atoms with Crippen LogP contribution in [0.4, 0.5) is 26.3 Å². The molecule has 5 rings (SSSR count). The largest absolute Gasteiger partial charge is 0.544 e. The maximum Gasteiger partial charge on any atom is 0.544 e. The Kier molecular flexibility index (Phi) is 7.99. The molecule has 0 saturated heterocycles. The Morgan fingerprint density at radius 3 is 2.04 bits per heavy atom. The summed E-state index contributed by atoms with van der Waals surface area (Å²) in [5.41, 5.74) is -3.20. The van der Waals surface area contributed by atoms with Gasteiger partial charge < -0.3 is 4.74 Å². The molecular weight excluding hydrogens is 616 g/mol. The van der Waals surface area contributed by atoms with E-state index >= 15 is 0 Å². The molecule has 0 aromatic rings. The normalized spacial score (nSPS) is 43.7. The van der Waals surface area contributed by atoms with E-state index in [0.717, 1.165) is 18.4 Å². The van der Waals surface area contributed by atoms with Gasteiger partial charge in [0.25, 0.3) is 5.91 Å². The van der Waals surface area contributed by atoms with Crippen LogP contribution in [-0.2, 0) is 24.0 Å². The van der Waals surface area contributed by atoms with Crippen LogP contribution in [0.5, 0.6) is 0 Å². The number of allylic oxidation sites excluding steroid dienone is 2. The van der Waals surface area contributed by atoms with Gasteiger partial charge in [-0.1, -0.05) is 54.0 Å². The molecule has 0 spiro atoms. The molecule has 260 valence electrons. The third kappa shape index (κ3) is 5.13. The number of hydrogen-bond acceptors (Lipinski definition) is 5. The zero-order chi connectivity index (χ0) is 34.7. The summed E-state index contributed by atoms with van der Waals surface area (Å²) in [4.78, 5) is 43.0. The average Bonchev–Trinajstić information content (AvgIpc) is 2.89. The minimum atomic E-state index is -5.71. The van der Waals surface area contributed by atoms with Crippen LogP contribution in [0.2, 0.25) is 0 Å². The summed E-state index contributed by atoms with van der Waals surface area (Å²) in [7, 11) is 0. The lowest BCUT2D eigenvalue weighted by atomic mass is 9.33. The molecule has 0 aromatic heterocycles. The van der Waals surface area contributed by atoms with Gasteiger partial charge in [0.1, 0.15) is 6.10 Å². The summed E-state index contributed by atoms with van der Waals surface area (Å²) in [5, 5.41) is -1.47. The van der Waals surface area contributed by atoms with Crippen molar-refractivity contribution in [3.8, 4) is 0 Å². The highest BCUT2D eigenvalue weighted by Crippen LogP contribution is 2.75. The van der Waals surface area contributed by atoms with E-state index < -0.39 is 56.6 Å². The molecule has 0 bridgehead atoms. The van der Waals surface area contributed by atoms with E-state index in [9.17, 15) is 40.7 Å². The highest BCUT2D eigenvalue weighted by atomic mass is 19.4. The van der Waals surface area contributed by atoms with Gasteiger partial charge in [0.15, 0.2) is 5.78 Å². The van der Waals surface area contributed by atoms with Gasteiger partial charge in [-0.3, -0.25) is 14.4 Å². The number of carbonyl (C=O) groups excluding carboxylic acids is 3. The molecule has 6 nitrogen and oxygen atoms in total. The number of hydroxylamine groups is 2. The molecule has 0 heterocycles. The minimum absolute atomic E-state index is 0.0379. The second-order valence-corrected chi connectivity index (χ2v) is 16.8. The average molecular weight is 664 g/mol. The van der Waals surface area contributed by atoms with Crippen molar-refractivity contribution in [1.82, 2.24) is 5.06 Å². The molecule has 12 heteroatoms. The summed E-state index contributed by atoms with van der Waals surface area (Å²) in [6.45, 7) is 15.4. The molecule has 1 amide bonds. The second-order valence-electron chi connectivity index (χ2n) is 16.8. The molecule has 5 aliphatic carbocycles. The van der Waals surface area contributed by atoms with Crippen molar-refractivity contribution in [3.05, 3.63) is 11.6 Å². The van der Waals surface area contributed by atoms with E-state index in [1.165, 1.54) is 13.8 Å². The number of amides is 1. The number of nitrogens with zero attached hydrogens (tertiary/aromatic N) is 1. The summed E-state index contributed by atoms with van der Waals surface area (Å²) in [6.07, 6.45) is -5.50. The topological polar surface area (TPSA) is 72.9 Å². The minimum Gasteiger partial charge on any atom is -0.462 e. The number of esters is 1. The van der Waals surface area contributed by atoms with Gasteiger partial charge >= 0.3 is 18.6 Å². The first-order valence-corrected chi connectivity index (χ1v) is 16.4. The van der Waals surface area contributed by atoms with E-state index in [1.807, 2.05) is 6.92 Å². The number of ketones is 1. The Hall–Kier alpha value is -2.11. The monoisotopic (exact) mass is 663 g/mol. The van der Waals surface area contributed by atoms with Gasteiger partial charge in [0, 0.05) is 23.7 Å². The van der Waals surface area contributed by atoms with Gasteiger partial charge in [-0.05, 0) is 97.4 Å². The number of carbonyl (C=O) groups is 3. The van der Waals surface area contributed by atoms with Gasteiger partial charge in [0.2, 0.25) is 0 Å². The zero-order valence-corrected chi connectivity index (χ0v) is 28.0. The molecule has 46 heavy (non-hydrogen) atoms. The van der Waals surface area contributed by atoms with Crippen molar-refractivity contribution < 1.29 is 50.3 Å². The fraction of sp³-hybridized carbons (Fsp3) is 0.853. The molecule has 5 aliphatic rings. The molecule has 4 saturated carbocycles. The Balaban J connectivity index is 1.54. The summed E-state index contributed by atoms with van der Waals surface area (Å²) >= 11 is 0. The van der Waals surface area contributed by atoms with Crippen molar-refractivity contribution in [2.75, 3.05) is 0 Å². The van der Waals surface area contributed by atoms with Gasteiger partial charge in [-0.2, -0.15) is 4.84 Å². The third-order valence-corrected chi connectivity index (χ3v) is 13.9. The van der Waals surface area contributed by atoms with Crippen LogP contribution < -0.4 is 0 Å². The standard InChI is InChI=1S/C34H47F6NO5/c1-19(42)45-24-10-11-30(6)23(27(24,2)3)9-12-32(8)25(30)22(43)17-20-21-18-29(5,14-13-28(21,4)15-16-31(20,32)7)26(44)41(33(35,36)37)46-34(38,39)40/h17,21,23-25H,9-16,18H2,1-8H3/t21-,23?,24-,25+,28+,29-,30-,31+,32+/m0/s1. The van der Waals surface area contributed by atoms with E-state index in [1.54, 1.807) is 6.08 Å². The van der Waals surface area contributed by atoms with Gasteiger partial charge in [0.05, 0.1) is 0 Å². The lowest BCUT2D eigenvalue weighted by Crippen LogP contribution is -2.67. The lowest BCUT2D eigenvalue weighted by Gasteiger charge is -2.70. The highest BCUT2D eigenvalue weighted by Gasteiger charge is 2.71. The number of rotatable bonds is 3. The molecule has 4 fully saturated rings. The number of ether oxygens (including phenoxy) is 1. The Labute approximate surface area is 266 Å². The maximum atomic E-state index is 14.5. The number of alkyl halides is 6. The van der Waals surface area contributed by atoms with Crippen molar-refractivity contribution in [1.29, 1.82) is 0 Å². The van der Waals surface area contributed by atoms with Crippen molar-refractivity contribution >= 4 is 17.7 Å². The molecule has 0 aromatic carbocycles. The van der Waals surface area contributed by atoms with Gasteiger partial charge in [-0.25, -0.2) is 0 Å². The Morgan fingerprint density at radius 1 is 0.870 bits per heavy atom. The van der Waals surface area contributed by atoms with Crippen LogP contribution in [0.3, 0.4) is 0 Å².